The Morgan fingerprint density at radius 1 is 1.12 bits per heavy atom. The first kappa shape index (κ1) is 10.4. The van der Waals surface area contributed by atoms with E-state index in [1.165, 1.54) is 43.1 Å². The summed E-state index contributed by atoms with van der Waals surface area (Å²) in [4.78, 5) is 0. The summed E-state index contributed by atoms with van der Waals surface area (Å²) in [7, 11) is -0.112. The summed E-state index contributed by atoms with van der Waals surface area (Å²) in [5.74, 6) is 0. The van der Waals surface area contributed by atoms with E-state index in [1.807, 2.05) is 0 Å². The van der Waals surface area contributed by atoms with E-state index in [-0.39, 0.29) is 7.12 Å². The highest BCUT2D eigenvalue weighted by Crippen LogP contribution is 2.22. The van der Waals surface area contributed by atoms with Gasteiger partial charge in [0.25, 0.3) is 0 Å². The van der Waals surface area contributed by atoms with Crippen molar-refractivity contribution < 1.29 is 9.31 Å². The molecular weight excluding hydrogens is 199 g/mol. The lowest BCUT2D eigenvalue weighted by Gasteiger charge is -2.24. The molecule has 0 bridgehead atoms. The Kier molecular flexibility index (Phi) is 2.98. The van der Waals surface area contributed by atoms with E-state index < -0.39 is 0 Å². The summed E-state index contributed by atoms with van der Waals surface area (Å²) in [6, 6.07) is 8.37. The predicted octanol–water partition coefficient (Wildman–Crippen LogP) is 2.26. The number of hydrogen-bond acceptors (Lipinski definition) is 2. The zero-order valence-electron chi connectivity index (χ0n) is 9.52. The van der Waals surface area contributed by atoms with Crippen LogP contribution in [0.5, 0.6) is 0 Å². The topological polar surface area (TPSA) is 18.5 Å². The second kappa shape index (κ2) is 4.60. The molecule has 3 rings (SSSR count). The van der Waals surface area contributed by atoms with Crippen molar-refractivity contribution in [1.82, 2.24) is 0 Å². The van der Waals surface area contributed by atoms with Crippen LogP contribution in [0.25, 0.3) is 0 Å². The minimum absolute atomic E-state index is 0.112. The van der Waals surface area contributed by atoms with Crippen LogP contribution < -0.4 is 5.46 Å². The van der Waals surface area contributed by atoms with Gasteiger partial charge in [-0.05, 0) is 23.9 Å². The zero-order chi connectivity index (χ0) is 10.8. The molecule has 0 radical (unpaired) electrons. The summed E-state index contributed by atoms with van der Waals surface area (Å²) < 4.78 is 11.8. The molecule has 0 saturated heterocycles. The maximum Gasteiger partial charge on any atom is 0.494 e. The molecule has 2 aliphatic rings. The van der Waals surface area contributed by atoms with Crippen molar-refractivity contribution in [3.63, 3.8) is 0 Å². The lowest BCUT2D eigenvalue weighted by molar-refractivity contribution is 0.115. The molecule has 0 N–H and O–H groups in total. The van der Waals surface area contributed by atoms with Crippen molar-refractivity contribution in [1.29, 1.82) is 0 Å². The van der Waals surface area contributed by atoms with Crippen molar-refractivity contribution in [3.05, 3.63) is 29.8 Å². The van der Waals surface area contributed by atoms with Gasteiger partial charge in [-0.1, -0.05) is 43.5 Å². The van der Waals surface area contributed by atoms with Crippen LogP contribution in [0.3, 0.4) is 0 Å². The molecule has 1 saturated carbocycles. The molecule has 1 fully saturated rings. The van der Waals surface area contributed by atoms with E-state index in [0.717, 1.165) is 0 Å². The third-order valence-electron chi connectivity index (χ3n) is 3.57. The van der Waals surface area contributed by atoms with Crippen LogP contribution in [-0.4, -0.2) is 13.2 Å². The molecule has 3 heteroatoms. The summed E-state index contributed by atoms with van der Waals surface area (Å²) in [6.45, 7) is 0.702. The van der Waals surface area contributed by atoms with E-state index in [0.29, 0.717) is 12.7 Å². The third kappa shape index (κ3) is 2.02. The number of fused-ring (bicyclic) bond motifs is 1. The van der Waals surface area contributed by atoms with Crippen molar-refractivity contribution in [2.75, 3.05) is 0 Å². The fourth-order valence-corrected chi connectivity index (χ4v) is 2.64. The van der Waals surface area contributed by atoms with Gasteiger partial charge < -0.3 is 9.31 Å². The molecule has 0 spiro atoms. The van der Waals surface area contributed by atoms with E-state index in [4.69, 9.17) is 9.31 Å². The molecular formula is C13H17BO2. The molecule has 1 aromatic carbocycles. The Labute approximate surface area is 97.1 Å². The number of benzene rings is 1. The van der Waals surface area contributed by atoms with Crippen LogP contribution in [0, 0.1) is 0 Å². The lowest BCUT2D eigenvalue weighted by Crippen LogP contribution is -2.36. The molecule has 1 aliphatic heterocycles. The molecule has 16 heavy (non-hydrogen) atoms. The summed E-state index contributed by atoms with van der Waals surface area (Å²) in [5.41, 5.74) is 2.51. The summed E-state index contributed by atoms with van der Waals surface area (Å²) in [5, 5.41) is 0. The first-order valence-electron chi connectivity index (χ1n) is 6.28. The van der Waals surface area contributed by atoms with Gasteiger partial charge in [0, 0.05) is 6.10 Å². The molecule has 0 unspecified atom stereocenters. The number of hydrogen-bond donors (Lipinski definition) is 0. The van der Waals surface area contributed by atoms with Crippen LogP contribution in [0.1, 0.15) is 37.7 Å². The predicted molar refractivity (Wildman–Crippen MR) is 64.6 cm³/mol. The maximum atomic E-state index is 6.06. The van der Waals surface area contributed by atoms with E-state index >= 15 is 0 Å². The van der Waals surface area contributed by atoms with Crippen LogP contribution >= 0.6 is 0 Å². The normalized spacial score (nSPS) is 21.1. The summed E-state index contributed by atoms with van der Waals surface area (Å²) >= 11 is 0. The number of rotatable bonds is 2. The van der Waals surface area contributed by atoms with Crippen molar-refractivity contribution in [2.24, 2.45) is 0 Å². The smallest absolute Gasteiger partial charge is 0.404 e. The van der Waals surface area contributed by atoms with Crippen molar-refractivity contribution in [3.8, 4) is 0 Å². The SMILES string of the molecule is c1ccc2c(c1)COB2OC1CCCCC1. The Balaban J connectivity index is 1.68. The summed E-state index contributed by atoms with van der Waals surface area (Å²) in [6.07, 6.45) is 6.77. The second-order valence-corrected chi connectivity index (χ2v) is 4.74. The van der Waals surface area contributed by atoms with Crippen molar-refractivity contribution >= 4 is 12.6 Å². The quantitative estimate of drug-likeness (QED) is 0.706. The van der Waals surface area contributed by atoms with Crippen LogP contribution in [0.15, 0.2) is 24.3 Å². The maximum absolute atomic E-state index is 6.06. The van der Waals surface area contributed by atoms with Gasteiger partial charge in [0.1, 0.15) is 0 Å². The van der Waals surface area contributed by atoms with Crippen molar-refractivity contribution in [2.45, 2.75) is 44.8 Å². The van der Waals surface area contributed by atoms with Crippen LogP contribution in [0.2, 0.25) is 0 Å². The Bertz CT molecular complexity index is 361. The highest BCUT2D eigenvalue weighted by molar-refractivity contribution is 6.62. The van der Waals surface area contributed by atoms with Gasteiger partial charge >= 0.3 is 7.12 Å². The first-order valence-corrected chi connectivity index (χ1v) is 6.28. The van der Waals surface area contributed by atoms with Gasteiger partial charge in [-0.2, -0.15) is 0 Å². The Hall–Kier alpha value is -0.795. The average Bonchev–Trinajstić information content (AvgIpc) is 2.74. The average molecular weight is 216 g/mol. The highest BCUT2D eigenvalue weighted by atomic mass is 16.6. The minimum Gasteiger partial charge on any atom is -0.404 e. The Morgan fingerprint density at radius 2 is 1.94 bits per heavy atom. The molecule has 2 nitrogen and oxygen atoms in total. The molecule has 0 amide bonds. The van der Waals surface area contributed by atoms with Gasteiger partial charge in [0.2, 0.25) is 0 Å². The Morgan fingerprint density at radius 3 is 2.81 bits per heavy atom. The minimum atomic E-state index is -0.112. The van der Waals surface area contributed by atoms with Gasteiger partial charge in [0.15, 0.2) is 0 Å². The largest absolute Gasteiger partial charge is 0.494 e. The second-order valence-electron chi connectivity index (χ2n) is 4.74. The standard InChI is InChI=1S/C13H17BO2/c1-2-7-12(8-3-1)16-14-13-9-5-4-6-11(13)10-15-14/h4-6,9,12H,1-3,7-8,10H2. The monoisotopic (exact) mass is 216 g/mol. The lowest BCUT2D eigenvalue weighted by atomic mass is 9.78. The fourth-order valence-electron chi connectivity index (χ4n) is 2.64. The van der Waals surface area contributed by atoms with Crippen LogP contribution in [0.4, 0.5) is 0 Å². The highest BCUT2D eigenvalue weighted by Gasteiger charge is 2.32. The zero-order valence-corrected chi connectivity index (χ0v) is 9.52. The van der Waals surface area contributed by atoms with Gasteiger partial charge in [-0.15, -0.1) is 0 Å². The van der Waals surface area contributed by atoms with E-state index in [9.17, 15) is 0 Å². The molecule has 84 valence electrons. The van der Waals surface area contributed by atoms with E-state index in [1.54, 1.807) is 0 Å². The molecule has 1 aromatic rings. The van der Waals surface area contributed by atoms with Crippen LogP contribution in [-0.2, 0) is 15.9 Å². The van der Waals surface area contributed by atoms with Gasteiger partial charge in [-0.25, -0.2) is 0 Å². The molecule has 0 atom stereocenters. The third-order valence-corrected chi connectivity index (χ3v) is 3.57. The fraction of sp³-hybridized carbons (Fsp3) is 0.538. The molecule has 1 heterocycles. The van der Waals surface area contributed by atoms with Gasteiger partial charge in [0.05, 0.1) is 6.61 Å². The molecule has 0 aromatic heterocycles. The first-order chi connectivity index (χ1) is 7.93. The molecule has 1 aliphatic carbocycles. The van der Waals surface area contributed by atoms with E-state index in [2.05, 4.69) is 24.3 Å². The van der Waals surface area contributed by atoms with Gasteiger partial charge in [-0.3, -0.25) is 0 Å².